The maximum absolute atomic E-state index is 9.81. The predicted octanol–water partition coefficient (Wildman–Crippen LogP) is 3.42. The zero-order valence-corrected chi connectivity index (χ0v) is 15.0. The first-order valence-electron chi connectivity index (χ1n) is 9.03. The second-order valence-corrected chi connectivity index (χ2v) is 7.73. The lowest BCUT2D eigenvalue weighted by atomic mass is 9.92. The van der Waals surface area contributed by atoms with E-state index in [2.05, 4.69) is 44.8 Å². The maximum atomic E-state index is 9.81. The van der Waals surface area contributed by atoms with Crippen LogP contribution in [0.1, 0.15) is 73.1 Å². The van der Waals surface area contributed by atoms with E-state index in [1.807, 2.05) is 0 Å². The molecule has 2 atom stereocenters. The van der Waals surface area contributed by atoms with Crippen molar-refractivity contribution in [2.75, 3.05) is 19.7 Å². The molecule has 0 bridgehead atoms. The molecule has 3 nitrogen and oxygen atoms in total. The number of nitrogens with zero attached hydrogens (tertiary/aromatic N) is 1. The molecule has 1 aliphatic carbocycles. The molecule has 0 saturated heterocycles. The van der Waals surface area contributed by atoms with Crippen molar-refractivity contribution in [3.63, 3.8) is 0 Å². The average molecular weight is 299 g/mol. The Hall–Kier alpha value is -0.120. The van der Waals surface area contributed by atoms with Crippen molar-refractivity contribution in [3.05, 3.63) is 0 Å². The van der Waals surface area contributed by atoms with E-state index in [4.69, 9.17) is 0 Å². The Morgan fingerprint density at radius 3 is 2.33 bits per heavy atom. The molecular formula is C18H38N2O. The second kappa shape index (κ2) is 9.12. The molecule has 0 aromatic rings. The van der Waals surface area contributed by atoms with Crippen LogP contribution >= 0.6 is 0 Å². The minimum Gasteiger partial charge on any atom is -0.394 e. The molecule has 0 radical (unpaired) electrons. The fourth-order valence-corrected chi connectivity index (χ4v) is 3.74. The highest BCUT2D eigenvalue weighted by atomic mass is 16.3. The van der Waals surface area contributed by atoms with Gasteiger partial charge in [0.05, 0.1) is 6.61 Å². The number of aliphatic hydroxyl groups is 1. The molecule has 0 heterocycles. The van der Waals surface area contributed by atoms with Gasteiger partial charge in [0, 0.05) is 24.2 Å². The summed E-state index contributed by atoms with van der Waals surface area (Å²) < 4.78 is 0. The fraction of sp³-hybridized carbons (Fsp3) is 1.00. The summed E-state index contributed by atoms with van der Waals surface area (Å²) in [6.07, 6.45) is 7.62. The minimum atomic E-state index is -0.150. The molecule has 1 fully saturated rings. The third-order valence-electron chi connectivity index (χ3n) is 4.83. The van der Waals surface area contributed by atoms with Gasteiger partial charge in [0.25, 0.3) is 0 Å². The van der Waals surface area contributed by atoms with Crippen LogP contribution < -0.4 is 5.32 Å². The van der Waals surface area contributed by atoms with Crippen LogP contribution in [0.2, 0.25) is 0 Å². The third kappa shape index (κ3) is 6.25. The molecule has 0 spiro atoms. The Morgan fingerprint density at radius 1 is 1.24 bits per heavy atom. The first-order valence-corrected chi connectivity index (χ1v) is 9.03. The molecule has 0 aromatic heterocycles. The van der Waals surface area contributed by atoms with Crippen molar-refractivity contribution in [3.8, 4) is 0 Å². The Balaban J connectivity index is 2.66. The summed E-state index contributed by atoms with van der Waals surface area (Å²) in [5.41, 5.74) is -0.150. The highest BCUT2D eigenvalue weighted by molar-refractivity contribution is 4.90. The highest BCUT2D eigenvalue weighted by Crippen LogP contribution is 2.28. The van der Waals surface area contributed by atoms with Gasteiger partial charge in [-0.1, -0.05) is 33.6 Å². The van der Waals surface area contributed by atoms with Crippen LogP contribution in [0.3, 0.4) is 0 Å². The van der Waals surface area contributed by atoms with Crippen molar-refractivity contribution >= 4 is 0 Å². The smallest absolute Gasteiger partial charge is 0.0611 e. The molecule has 3 heteroatoms. The zero-order chi connectivity index (χ0) is 15.9. The van der Waals surface area contributed by atoms with Crippen molar-refractivity contribution in [1.82, 2.24) is 10.2 Å². The maximum Gasteiger partial charge on any atom is 0.0611 e. The molecule has 1 aliphatic rings. The predicted molar refractivity (Wildman–Crippen MR) is 91.7 cm³/mol. The van der Waals surface area contributed by atoms with Gasteiger partial charge >= 0.3 is 0 Å². The molecule has 0 aromatic carbocycles. The van der Waals surface area contributed by atoms with Crippen LogP contribution in [0.15, 0.2) is 0 Å². The van der Waals surface area contributed by atoms with E-state index in [-0.39, 0.29) is 12.1 Å². The van der Waals surface area contributed by atoms with E-state index >= 15 is 0 Å². The molecule has 0 aliphatic heterocycles. The van der Waals surface area contributed by atoms with E-state index in [9.17, 15) is 5.11 Å². The minimum absolute atomic E-state index is 0.150. The summed E-state index contributed by atoms with van der Waals surface area (Å²) in [5, 5.41) is 13.4. The number of rotatable bonds is 10. The van der Waals surface area contributed by atoms with Crippen molar-refractivity contribution in [2.24, 2.45) is 5.92 Å². The van der Waals surface area contributed by atoms with E-state index in [0.29, 0.717) is 12.0 Å². The van der Waals surface area contributed by atoms with Gasteiger partial charge in [-0.05, 0) is 52.0 Å². The van der Waals surface area contributed by atoms with Gasteiger partial charge in [-0.15, -0.1) is 0 Å². The van der Waals surface area contributed by atoms with Gasteiger partial charge in [-0.3, -0.25) is 4.90 Å². The molecular weight excluding hydrogens is 260 g/mol. The van der Waals surface area contributed by atoms with Gasteiger partial charge in [0.2, 0.25) is 0 Å². The molecule has 0 amide bonds. The fourth-order valence-electron chi connectivity index (χ4n) is 3.74. The van der Waals surface area contributed by atoms with Gasteiger partial charge in [0.1, 0.15) is 0 Å². The zero-order valence-electron chi connectivity index (χ0n) is 15.0. The van der Waals surface area contributed by atoms with Crippen LogP contribution in [0.4, 0.5) is 0 Å². The number of nitrogens with one attached hydrogen (secondary N) is 1. The lowest BCUT2D eigenvalue weighted by molar-refractivity contribution is 0.0793. The topological polar surface area (TPSA) is 35.5 Å². The SMILES string of the molecule is CCCNC(C)(CO)CC(C)N(CC(C)C)C1CCCC1. The molecule has 1 saturated carbocycles. The quantitative estimate of drug-likeness (QED) is 0.649. The molecule has 21 heavy (non-hydrogen) atoms. The van der Waals surface area contributed by atoms with Gasteiger partial charge < -0.3 is 10.4 Å². The van der Waals surface area contributed by atoms with E-state index in [1.165, 1.54) is 32.2 Å². The summed E-state index contributed by atoms with van der Waals surface area (Å²) in [6.45, 7) is 13.7. The standard InChI is InChI=1S/C18H38N2O/c1-6-11-19-18(5,14-21)12-16(4)20(13-15(2)3)17-9-7-8-10-17/h15-17,19,21H,6-14H2,1-5H3. The van der Waals surface area contributed by atoms with Crippen LogP contribution in [-0.4, -0.2) is 47.3 Å². The summed E-state index contributed by atoms with van der Waals surface area (Å²) in [6, 6.07) is 1.29. The van der Waals surface area contributed by atoms with Crippen LogP contribution in [0.5, 0.6) is 0 Å². The van der Waals surface area contributed by atoms with Crippen LogP contribution in [-0.2, 0) is 0 Å². The van der Waals surface area contributed by atoms with E-state index < -0.39 is 0 Å². The van der Waals surface area contributed by atoms with Crippen molar-refractivity contribution in [2.45, 2.75) is 90.8 Å². The molecule has 2 unspecified atom stereocenters. The second-order valence-electron chi connectivity index (χ2n) is 7.73. The summed E-state index contributed by atoms with van der Waals surface area (Å²) in [4.78, 5) is 2.72. The van der Waals surface area contributed by atoms with Gasteiger partial charge in [0.15, 0.2) is 0 Å². The highest BCUT2D eigenvalue weighted by Gasteiger charge is 2.32. The normalized spacial score (nSPS) is 21.1. The molecule has 2 N–H and O–H groups in total. The summed E-state index contributed by atoms with van der Waals surface area (Å²) in [5.74, 6) is 0.706. The first-order chi connectivity index (χ1) is 9.91. The summed E-state index contributed by atoms with van der Waals surface area (Å²) >= 11 is 0. The van der Waals surface area contributed by atoms with Crippen molar-refractivity contribution < 1.29 is 5.11 Å². The van der Waals surface area contributed by atoms with E-state index in [0.717, 1.165) is 25.4 Å². The van der Waals surface area contributed by atoms with Crippen molar-refractivity contribution in [1.29, 1.82) is 0 Å². The molecule has 1 rings (SSSR count). The number of hydrogen-bond acceptors (Lipinski definition) is 3. The number of hydrogen-bond donors (Lipinski definition) is 2. The van der Waals surface area contributed by atoms with Crippen LogP contribution in [0.25, 0.3) is 0 Å². The lowest BCUT2D eigenvalue weighted by Gasteiger charge is -2.40. The monoisotopic (exact) mass is 298 g/mol. The van der Waals surface area contributed by atoms with Crippen LogP contribution in [0, 0.1) is 5.92 Å². The Kier molecular flexibility index (Phi) is 8.22. The Bertz CT molecular complexity index is 276. The lowest BCUT2D eigenvalue weighted by Crippen LogP contribution is -2.52. The third-order valence-corrected chi connectivity index (χ3v) is 4.83. The average Bonchev–Trinajstić information content (AvgIpc) is 2.96. The molecule has 126 valence electrons. The van der Waals surface area contributed by atoms with Gasteiger partial charge in [-0.2, -0.15) is 0 Å². The van der Waals surface area contributed by atoms with E-state index in [1.54, 1.807) is 0 Å². The Morgan fingerprint density at radius 2 is 1.86 bits per heavy atom. The number of aliphatic hydroxyl groups excluding tert-OH is 1. The Labute approximate surface area is 132 Å². The first kappa shape index (κ1) is 18.9. The van der Waals surface area contributed by atoms with Gasteiger partial charge in [-0.25, -0.2) is 0 Å². The summed E-state index contributed by atoms with van der Waals surface area (Å²) in [7, 11) is 0. The largest absolute Gasteiger partial charge is 0.394 e.